The second-order valence-electron chi connectivity index (χ2n) is 4.24. The molecule has 0 amide bonds. The van der Waals surface area contributed by atoms with Gasteiger partial charge in [0.2, 0.25) is 0 Å². The highest BCUT2D eigenvalue weighted by Gasteiger charge is 2.15. The number of Topliss-reactive ketones (excluding diaryl/α,β-unsaturated/α-hetero) is 1. The number of rotatable bonds is 5. The molecule has 0 saturated heterocycles. The van der Waals surface area contributed by atoms with Crippen LogP contribution in [0.25, 0.3) is 0 Å². The van der Waals surface area contributed by atoms with Crippen molar-refractivity contribution < 1.29 is 4.79 Å². The maximum absolute atomic E-state index is 12.0. The third kappa shape index (κ3) is 4.30. The van der Waals surface area contributed by atoms with Gasteiger partial charge in [0.25, 0.3) is 0 Å². The topological polar surface area (TPSA) is 17.1 Å². The van der Waals surface area contributed by atoms with Gasteiger partial charge in [-0.1, -0.05) is 41.9 Å². The number of benzene rings is 1. The zero-order valence-electron chi connectivity index (χ0n) is 9.87. The van der Waals surface area contributed by atoms with Crippen LogP contribution in [-0.4, -0.2) is 16.8 Å². The van der Waals surface area contributed by atoms with Crippen molar-refractivity contribution in [3.8, 4) is 0 Å². The van der Waals surface area contributed by atoms with E-state index in [9.17, 15) is 4.79 Å². The van der Waals surface area contributed by atoms with Crippen molar-refractivity contribution in [3.63, 3.8) is 0 Å². The molecule has 1 nitrogen and oxygen atoms in total. The van der Waals surface area contributed by atoms with E-state index in [-0.39, 0.29) is 11.0 Å². The Labute approximate surface area is 110 Å². The fraction of sp³-hybridized carbons (Fsp3) is 0.462. The summed E-state index contributed by atoms with van der Waals surface area (Å²) in [5, 5.41) is 0.0450. The molecule has 0 fully saturated rings. The molecular formula is C13H17BrOS. The molecule has 16 heavy (non-hydrogen) atoms. The van der Waals surface area contributed by atoms with Gasteiger partial charge in [-0.2, -0.15) is 11.8 Å². The van der Waals surface area contributed by atoms with Crippen LogP contribution in [0.3, 0.4) is 0 Å². The first-order chi connectivity index (χ1) is 7.50. The number of thioether (sulfide) groups is 1. The molecule has 0 aliphatic heterocycles. The number of hydrogen-bond donors (Lipinski definition) is 0. The molecule has 1 aromatic carbocycles. The maximum atomic E-state index is 12.0. The van der Waals surface area contributed by atoms with Crippen LogP contribution >= 0.6 is 27.7 Å². The van der Waals surface area contributed by atoms with Gasteiger partial charge < -0.3 is 0 Å². The Hall–Kier alpha value is -0.280. The normalized spacial score (nSPS) is 12.8. The molecule has 3 heteroatoms. The molecule has 1 rings (SSSR count). The van der Waals surface area contributed by atoms with Crippen molar-refractivity contribution in [2.75, 3.05) is 5.75 Å². The van der Waals surface area contributed by atoms with Gasteiger partial charge in [-0.25, -0.2) is 0 Å². The molecule has 0 saturated carbocycles. The molecule has 88 valence electrons. The number of ketones is 1. The van der Waals surface area contributed by atoms with Crippen molar-refractivity contribution >= 4 is 33.5 Å². The largest absolute Gasteiger partial charge is 0.293 e. The van der Waals surface area contributed by atoms with Crippen LogP contribution in [0, 0.1) is 5.92 Å². The number of carbonyl (C=O) groups is 1. The van der Waals surface area contributed by atoms with Gasteiger partial charge in [-0.15, -0.1) is 0 Å². The van der Waals surface area contributed by atoms with E-state index >= 15 is 0 Å². The van der Waals surface area contributed by atoms with E-state index in [1.807, 2.05) is 31.2 Å². The second-order valence-corrected chi connectivity index (χ2v) is 6.53. The Bertz CT molecular complexity index is 345. The minimum absolute atomic E-state index is 0.0450. The predicted molar refractivity (Wildman–Crippen MR) is 75.2 cm³/mol. The summed E-state index contributed by atoms with van der Waals surface area (Å²) in [6.07, 6.45) is 0. The van der Waals surface area contributed by atoms with Gasteiger partial charge in [0.1, 0.15) is 0 Å². The molecule has 1 unspecified atom stereocenters. The van der Waals surface area contributed by atoms with Gasteiger partial charge >= 0.3 is 0 Å². The summed E-state index contributed by atoms with van der Waals surface area (Å²) < 4.78 is 1.01. The average Bonchev–Trinajstić information content (AvgIpc) is 2.26. The SMILES string of the molecule is CC(C)CSC(C)C(=O)c1ccc(Br)cc1. The Kier molecular flexibility index (Phi) is 5.56. The summed E-state index contributed by atoms with van der Waals surface area (Å²) in [6, 6.07) is 7.57. The van der Waals surface area contributed by atoms with Crippen molar-refractivity contribution in [2.24, 2.45) is 5.92 Å². The molecule has 0 aliphatic carbocycles. The predicted octanol–water partition coefficient (Wildman–Crippen LogP) is 4.41. The van der Waals surface area contributed by atoms with Crippen molar-refractivity contribution in [2.45, 2.75) is 26.0 Å². The minimum atomic E-state index is 0.0450. The Balaban J connectivity index is 2.60. The lowest BCUT2D eigenvalue weighted by Gasteiger charge is -2.11. The Morgan fingerprint density at radius 3 is 2.31 bits per heavy atom. The molecule has 1 atom stereocenters. The van der Waals surface area contributed by atoms with E-state index in [4.69, 9.17) is 0 Å². The minimum Gasteiger partial charge on any atom is -0.293 e. The van der Waals surface area contributed by atoms with Gasteiger partial charge in [-0.05, 0) is 30.7 Å². The first-order valence-corrected chi connectivity index (χ1v) is 7.26. The number of hydrogen-bond acceptors (Lipinski definition) is 2. The van der Waals surface area contributed by atoms with E-state index in [1.165, 1.54) is 0 Å². The average molecular weight is 301 g/mol. The van der Waals surface area contributed by atoms with Gasteiger partial charge in [0.05, 0.1) is 5.25 Å². The van der Waals surface area contributed by atoms with Crippen LogP contribution in [-0.2, 0) is 0 Å². The van der Waals surface area contributed by atoms with Crippen molar-refractivity contribution in [1.29, 1.82) is 0 Å². The van der Waals surface area contributed by atoms with Crippen LogP contribution in [0.5, 0.6) is 0 Å². The lowest BCUT2D eigenvalue weighted by atomic mass is 10.1. The highest BCUT2D eigenvalue weighted by molar-refractivity contribution is 9.10. The molecule has 0 heterocycles. The highest BCUT2D eigenvalue weighted by Crippen LogP contribution is 2.20. The zero-order valence-corrected chi connectivity index (χ0v) is 12.3. The summed E-state index contributed by atoms with van der Waals surface area (Å²) in [5.41, 5.74) is 0.798. The summed E-state index contributed by atoms with van der Waals surface area (Å²) in [4.78, 5) is 12.0. The van der Waals surface area contributed by atoms with Crippen LogP contribution in [0.4, 0.5) is 0 Å². The first-order valence-electron chi connectivity index (χ1n) is 5.42. The summed E-state index contributed by atoms with van der Waals surface area (Å²) in [7, 11) is 0. The second kappa shape index (κ2) is 6.45. The highest BCUT2D eigenvalue weighted by atomic mass is 79.9. The fourth-order valence-corrected chi connectivity index (χ4v) is 2.49. The smallest absolute Gasteiger partial charge is 0.175 e. The van der Waals surface area contributed by atoms with E-state index in [2.05, 4.69) is 29.8 Å². The van der Waals surface area contributed by atoms with Gasteiger partial charge in [0.15, 0.2) is 5.78 Å². The maximum Gasteiger partial charge on any atom is 0.175 e. The fourth-order valence-electron chi connectivity index (χ4n) is 1.26. The summed E-state index contributed by atoms with van der Waals surface area (Å²) in [5.74, 6) is 1.88. The lowest BCUT2D eigenvalue weighted by molar-refractivity contribution is 0.0994. The quantitative estimate of drug-likeness (QED) is 0.749. The summed E-state index contributed by atoms with van der Waals surface area (Å²) in [6.45, 7) is 6.32. The summed E-state index contributed by atoms with van der Waals surface area (Å²) >= 11 is 5.10. The van der Waals surface area contributed by atoms with Crippen molar-refractivity contribution in [3.05, 3.63) is 34.3 Å². The molecule has 0 aromatic heterocycles. The van der Waals surface area contributed by atoms with Crippen LogP contribution in [0.15, 0.2) is 28.7 Å². The third-order valence-corrected chi connectivity index (χ3v) is 4.28. The monoisotopic (exact) mass is 300 g/mol. The van der Waals surface area contributed by atoms with Gasteiger partial charge in [-0.3, -0.25) is 4.79 Å². The first kappa shape index (κ1) is 13.8. The molecule has 0 N–H and O–H groups in total. The van der Waals surface area contributed by atoms with E-state index < -0.39 is 0 Å². The molecule has 0 spiro atoms. The van der Waals surface area contributed by atoms with E-state index in [0.717, 1.165) is 15.8 Å². The van der Waals surface area contributed by atoms with Gasteiger partial charge in [0, 0.05) is 10.0 Å². The molecule has 1 aromatic rings. The third-order valence-electron chi connectivity index (χ3n) is 2.18. The Morgan fingerprint density at radius 2 is 1.81 bits per heavy atom. The number of halogens is 1. The van der Waals surface area contributed by atoms with Crippen LogP contribution in [0.2, 0.25) is 0 Å². The van der Waals surface area contributed by atoms with E-state index in [0.29, 0.717) is 5.92 Å². The number of carbonyl (C=O) groups excluding carboxylic acids is 1. The van der Waals surface area contributed by atoms with Crippen LogP contribution in [0.1, 0.15) is 31.1 Å². The standard InChI is InChI=1S/C13H17BrOS/c1-9(2)8-16-10(3)13(15)11-4-6-12(14)7-5-11/h4-7,9-10H,8H2,1-3H3. The molecule has 0 aliphatic rings. The molecule has 0 bridgehead atoms. The Morgan fingerprint density at radius 1 is 1.25 bits per heavy atom. The molecule has 0 radical (unpaired) electrons. The van der Waals surface area contributed by atoms with Crippen LogP contribution < -0.4 is 0 Å². The molecular weight excluding hydrogens is 284 g/mol. The lowest BCUT2D eigenvalue weighted by Crippen LogP contribution is -2.15. The van der Waals surface area contributed by atoms with Crippen molar-refractivity contribution in [1.82, 2.24) is 0 Å². The zero-order chi connectivity index (χ0) is 12.1. The van der Waals surface area contributed by atoms with E-state index in [1.54, 1.807) is 11.8 Å².